The molecule has 18 heavy (non-hydrogen) atoms. The van der Waals surface area contributed by atoms with Crippen LogP contribution in [-0.4, -0.2) is 12.0 Å². The maximum absolute atomic E-state index is 6.20. The molecule has 3 heteroatoms. The molecule has 0 aliphatic heterocycles. The lowest BCUT2D eigenvalue weighted by Crippen LogP contribution is -2.19. The number of aromatic nitrogens is 1. The number of nitrogens with one attached hydrogen (secondary N) is 1. The second-order valence-corrected chi connectivity index (χ2v) is 4.78. The Morgan fingerprint density at radius 3 is 2.72 bits per heavy atom. The van der Waals surface area contributed by atoms with E-state index in [0.717, 1.165) is 12.0 Å². The summed E-state index contributed by atoms with van der Waals surface area (Å²) in [5.41, 5.74) is 3.74. The summed E-state index contributed by atoms with van der Waals surface area (Å²) in [6.07, 6.45) is 4.40. The van der Waals surface area contributed by atoms with Crippen LogP contribution in [0.3, 0.4) is 0 Å². The lowest BCUT2D eigenvalue weighted by Gasteiger charge is -2.18. The molecular weight excluding hydrogens is 244 g/mol. The average molecular weight is 261 g/mol. The van der Waals surface area contributed by atoms with E-state index in [1.807, 2.05) is 13.1 Å². The van der Waals surface area contributed by atoms with Crippen molar-refractivity contribution in [2.45, 2.75) is 19.4 Å². The third-order valence-corrected chi connectivity index (χ3v) is 3.53. The van der Waals surface area contributed by atoms with Gasteiger partial charge in [-0.2, -0.15) is 0 Å². The van der Waals surface area contributed by atoms with E-state index in [1.165, 1.54) is 11.1 Å². The number of hydrogen-bond donors (Lipinski definition) is 1. The van der Waals surface area contributed by atoms with Crippen molar-refractivity contribution in [3.63, 3.8) is 0 Å². The summed E-state index contributed by atoms with van der Waals surface area (Å²) >= 11 is 6.20. The lowest BCUT2D eigenvalue weighted by molar-refractivity contribution is 0.590. The number of aryl methyl sites for hydroxylation is 1. The van der Waals surface area contributed by atoms with Crippen LogP contribution in [0.25, 0.3) is 0 Å². The lowest BCUT2D eigenvalue weighted by atomic mass is 9.97. The number of halogens is 1. The van der Waals surface area contributed by atoms with Crippen LogP contribution >= 0.6 is 11.6 Å². The molecule has 0 saturated carbocycles. The molecule has 0 spiro atoms. The summed E-state index contributed by atoms with van der Waals surface area (Å²) in [6, 6.07) is 10.6. The molecule has 0 fully saturated rings. The summed E-state index contributed by atoms with van der Waals surface area (Å²) < 4.78 is 0. The summed E-state index contributed by atoms with van der Waals surface area (Å²) in [4.78, 5) is 4.03. The first-order chi connectivity index (χ1) is 8.72. The highest BCUT2D eigenvalue weighted by Gasteiger charge is 2.14. The van der Waals surface area contributed by atoms with Crippen molar-refractivity contribution >= 4 is 11.6 Å². The number of rotatable bonds is 4. The molecule has 0 radical (unpaired) electrons. The number of benzene rings is 1. The number of hydrogen-bond acceptors (Lipinski definition) is 2. The van der Waals surface area contributed by atoms with Gasteiger partial charge in [-0.1, -0.05) is 35.9 Å². The molecule has 2 aromatic rings. The largest absolute Gasteiger partial charge is 0.313 e. The number of pyridine rings is 1. The van der Waals surface area contributed by atoms with Gasteiger partial charge in [0, 0.05) is 18.4 Å². The van der Waals surface area contributed by atoms with Gasteiger partial charge in [-0.3, -0.25) is 4.98 Å². The first kappa shape index (κ1) is 13.1. The zero-order valence-electron chi connectivity index (χ0n) is 10.7. The van der Waals surface area contributed by atoms with Crippen LogP contribution in [0.4, 0.5) is 0 Å². The van der Waals surface area contributed by atoms with Gasteiger partial charge in [0.1, 0.15) is 0 Å². The summed E-state index contributed by atoms with van der Waals surface area (Å²) in [6.45, 7) is 2.14. The minimum absolute atomic E-state index is 0.210. The van der Waals surface area contributed by atoms with Crippen LogP contribution in [0.2, 0.25) is 5.02 Å². The van der Waals surface area contributed by atoms with E-state index in [9.17, 15) is 0 Å². The Labute approximate surface area is 113 Å². The third kappa shape index (κ3) is 2.89. The fourth-order valence-electron chi connectivity index (χ4n) is 2.10. The zero-order chi connectivity index (χ0) is 13.0. The van der Waals surface area contributed by atoms with Gasteiger partial charge in [-0.25, -0.2) is 0 Å². The Kier molecular flexibility index (Phi) is 4.34. The second-order valence-electron chi connectivity index (χ2n) is 4.37. The van der Waals surface area contributed by atoms with E-state index in [-0.39, 0.29) is 6.04 Å². The molecule has 2 rings (SSSR count). The molecule has 2 nitrogen and oxygen atoms in total. The fourth-order valence-corrected chi connectivity index (χ4v) is 2.35. The molecule has 1 aromatic carbocycles. The molecule has 94 valence electrons. The van der Waals surface area contributed by atoms with Crippen LogP contribution in [0, 0.1) is 6.92 Å². The normalized spacial score (nSPS) is 12.4. The maximum atomic E-state index is 6.20. The first-order valence-corrected chi connectivity index (χ1v) is 6.41. The number of likely N-dealkylation sites (N-methyl/N-ethyl adjacent to an activating group) is 1. The molecule has 0 aliphatic carbocycles. The molecule has 0 saturated heterocycles. The smallest absolute Gasteiger partial charge is 0.0637 e. The average Bonchev–Trinajstić information content (AvgIpc) is 2.39. The van der Waals surface area contributed by atoms with Crippen LogP contribution < -0.4 is 5.32 Å². The van der Waals surface area contributed by atoms with Crippen molar-refractivity contribution in [3.05, 3.63) is 64.4 Å². The standard InChI is InChI=1S/C15H17ClN2/c1-11-5-3-4-6-12(11)9-15(17-2)13-7-8-18-10-14(13)16/h3-8,10,15,17H,9H2,1-2H3. The topological polar surface area (TPSA) is 24.9 Å². The van der Waals surface area contributed by atoms with Crippen LogP contribution in [0.5, 0.6) is 0 Å². The van der Waals surface area contributed by atoms with E-state index in [1.54, 1.807) is 12.4 Å². The van der Waals surface area contributed by atoms with Crippen molar-refractivity contribution < 1.29 is 0 Å². The SMILES string of the molecule is CNC(Cc1ccccc1C)c1ccncc1Cl. The predicted octanol–water partition coefficient (Wildman–Crippen LogP) is 3.55. The van der Waals surface area contributed by atoms with Gasteiger partial charge in [0.2, 0.25) is 0 Å². The molecular formula is C15H17ClN2. The summed E-state index contributed by atoms with van der Waals surface area (Å²) in [7, 11) is 1.96. The molecule has 0 bridgehead atoms. The Morgan fingerprint density at radius 2 is 2.06 bits per heavy atom. The Hall–Kier alpha value is -1.38. The van der Waals surface area contributed by atoms with Crippen LogP contribution in [0.1, 0.15) is 22.7 Å². The quantitative estimate of drug-likeness (QED) is 0.910. The zero-order valence-corrected chi connectivity index (χ0v) is 11.4. The molecule has 0 aliphatic rings. The van der Waals surface area contributed by atoms with E-state index < -0.39 is 0 Å². The monoisotopic (exact) mass is 260 g/mol. The van der Waals surface area contributed by atoms with Gasteiger partial charge < -0.3 is 5.32 Å². The highest BCUT2D eigenvalue weighted by atomic mass is 35.5. The number of nitrogens with zero attached hydrogens (tertiary/aromatic N) is 1. The van der Waals surface area contributed by atoms with Gasteiger partial charge in [-0.15, -0.1) is 0 Å². The van der Waals surface area contributed by atoms with E-state index in [4.69, 9.17) is 11.6 Å². The molecule has 0 amide bonds. The van der Waals surface area contributed by atoms with E-state index in [0.29, 0.717) is 5.02 Å². The highest BCUT2D eigenvalue weighted by molar-refractivity contribution is 6.31. The minimum Gasteiger partial charge on any atom is -0.313 e. The van der Waals surface area contributed by atoms with Crippen molar-refractivity contribution in [2.75, 3.05) is 7.05 Å². The van der Waals surface area contributed by atoms with Crippen molar-refractivity contribution in [1.82, 2.24) is 10.3 Å². The highest BCUT2D eigenvalue weighted by Crippen LogP contribution is 2.25. The second kappa shape index (κ2) is 5.98. The Morgan fingerprint density at radius 1 is 1.28 bits per heavy atom. The van der Waals surface area contributed by atoms with E-state index in [2.05, 4.69) is 41.5 Å². The molecule has 1 aromatic heterocycles. The van der Waals surface area contributed by atoms with Crippen LogP contribution in [0.15, 0.2) is 42.7 Å². The van der Waals surface area contributed by atoms with E-state index >= 15 is 0 Å². The summed E-state index contributed by atoms with van der Waals surface area (Å²) in [5.74, 6) is 0. The molecule has 1 heterocycles. The molecule has 1 unspecified atom stereocenters. The Balaban J connectivity index is 2.26. The van der Waals surface area contributed by atoms with Crippen LogP contribution in [-0.2, 0) is 6.42 Å². The van der Waals surface area contributed by atoms with Gasteiger partial charge in [-0.05, 0) is 43.1 Å². The van der Waals surface area contributed by atoms with Gasteiger partial charge >= 0.3 is 0 Å². The van der Waals surface area contributed by atoms with Crippen molar-refractivity contribution in [3.8, 4) is 0 Å². The van der Waals surface area contributed by atoms with Gasteiger partial charge in [0.05, 0.1) is 5.02 Å². The first-order valence-electron chi connectivity index (χ1n) is 6.03. The maximum Gasteiger partial charge on any atom is 0.0637 e. The Bertz CT molecular complexity index is 525. The molecule has 1 N–H and O–H groups in total. The van der Waals surface area contributed by atoms with Crippen molar-refractivity contribution in [1.29, 1.82) is 0 Å². The fraction of sp³-hybridized carbons (Fsp3) is 0.267. The summed E-state index contributed by atoms with van der Waals surface area (Å²) in [5, 5.41) is 4.04. The minimum atomic E-state index is 0.210. The van der Waals surface area contributed by atoms with Crippen molar-refractivity contribution in [2.24, 2.45) is 0 Å². The molecule has 1 atom stereocenters. The predicted molar refractivity (Wildman–Crippen MR) is 75.9 cm³/mol. The van der Waals surface area contributed by atoms with Gasteiger partial charge in [0.25, 0.3) is 0 Å². The van der Waals surface area contributed by atoms with Gasteiger partial charge in [0.15, 0.2) is 0 Å². The third-order valence-electron chi connectivity index (χ3n) is 3.21.